The number of esters is 1. The molecule has 2 aromatic rings. The van der Waals surface area contributed by atoms with Crippen LogP contribution in [0, 0.1) is 0 Å². The number of ether oxygens (including phenoxy) is 4. The Labute approximate surface area is 134 Å². The number of rotatable bonds is 7. The molecule has 23 heavy (non-hydrogen) atoms. The molecule has 0 saturated carbocycles. The van der Waals surface area contributed by atoms with E-state index in [9.17, 15) is 4.79 Å². The van der Waals surface area contributed by atoms with E-state index < -0.39 is 5.97 Å². The summed E-state index contributed by atoms with van der Waals surface area (Å²) >= 11 is 0. The van der Waals surface area contributed by atoms with Gasteiger partial charge in [0.05, 0.1) is 34.1 Å². The van der Waals surface area contributed by atoms with Crippen LogP contribution < -0.4 is 14.2 Å². The van der Waals surface area contributed by atoms with Crippen molar-refractivity contribution in [2.45, 2.75) is 13.3 Å². The number of methoxy groups -OCH3 is 3. The molecule has 0 radical (unpaired) electrons. The number of aromatic amines is 1. The van der Waals surface area contributed by atoms with Gasteiger partial charge in [-0.1, -0.05) is 0 Å². The largest absolute Gasteiger partial charge is 0.493 e. The molecule has 0 unspecified atom stereocenters. The zero-order valence-corrected chi connectivity index (χ0v) is 13.6. The quantitative estimate of drug-likeness (QED) is 0.788. The maximum absolute atomic E-state index is 11.6. The molecular formula is C16H20N2O5. The molecule has 0 atom stereocenters. The Bertz CT molecular complexity index is 656. The molecule has 0 fully saturated rings. The van der Waals surface area contributed by atoms with Crippen LogP contribution in [0.1, 0.15) is 28.8 Å². The van der Waals surface area contributed by atoms with Crippen LogP contribution in [0.25, 0.3) is 0 Å². The molecule has 0 bridgehead atoms. The monoisotopic (exact) mass is 320 g/mol. The second kappa shape index (κ2) is 7.53. The fraction of sp³-hybridized carbons (Fsp3) is 0.375. The molecule has 1 heterocycles. The second-order valence-corrected chi connectivity index (χ2v) is 4.67. The van der Waals surface area contributed by atoms with E-state index in [1.54, 1.807) is 28.3 Å². The van der Waals surface area contributed by atoms with Crippen molar-refractivity contribution in [3.05, 3.63) is 35.4 Å². The van der Waals surface area contributed by atoms with E-state index in [1.165, 1.54) is 6.20 Å². The number of imidazole rings is 1. The van der Waals surface area contributed by atoms with Gasteiger partial charge in [-0.3, -0.25) is 0 Å². The third-order valence-corrected chi connectivity index (χ3v) is 3.22. The first-order chi connectivity index (χ1) is 11.1. The number of nitrogens with zero attached hydrogens (tertiary/aromatic N) is 1. The summed E-state index contributed by atoms with van der Waals surface area (Å²) in [5.74, 6) is 1.89. The number of hydrogen-bond acceptors (Lipinski definition) is 6. The van der Waals surface area contributed by atoms with E-state index in [0.29, 0.717) is 41.8 Å². The number of carbonyl (C=O) groups is 1. The minimum Gasteiger partial charge on any atom is -0.493 e. The Balaban J connectivity index is 2.25. The Hall–Kier alpha value is -2.70. The van der Waals surface area contributed by atoms with Gasteiger partial charge < -0.3 is 23.9 Å². The number of hydrogen-bond donors (Lipinski definition) is 1. The summed E-state index contributed by atoms with van der Waals surface area (Å²) in [5.41, 5.74) is 1.23. The molecule has 0 aliphatic carbocycles. The first kappa shape index (κ1) is 16.7. The van der Waals surface area contributed by atoms with Crippen LogP contribution in [0.5, 0.6) is 17.2 Å². The predicted molar refractivity (Wildman–Crippen MR) is 83.4 cm³/mol. The van der Waals surface area contributed by atoms with Crippen molar-refractivity contribution in [2.75, 3.05) is 27.9 Å². The summed E-state index contributed by atoms with van der Waals surface area (Å²) in [6, 6.07) is 3.68. The van der Waals surface area contributed by atoms with Crippen molar-refractivity contribution in [3.8, 4) is 17.2 Å². The SMILES string of the molecule is CCOC(=O)c1cnc(Cc2cc(OC)c(OC)c(OC)c2)[nH]1. The Kier molecular flexibility index (Phi) is 5.46. The van der Waals surface area contributed by atoms with Crippen LogP contribution in [0.3, 0.4) is 0 Å². The summed E-state index contributed by atoms with van der Waals surface area (Å²) < 4.78 is 20.9. The highest BCUT2D eigenvalue weighted by Gasteiger charge is 2.15. The standard InChI is InChI=1S/C16H20N2O5/c1-5-23-16(19)11-9-17-14(18-11)8-10-6-12(20-2)15(22-4)13(7-10)21-3/h6-7,9H,5,8H2,1-4H3,(H,17,18). The molecule has 1 aromatic heterocycles. The lowest BCUT2D eigenvalue weighted by Crippen LogP contribution is -2.05. The highest BCUT2D eigenvalue weighted by atomic mass is 16.5. The third-order valence-electron chi connectivity index (χ3n) is 3.22. The third kappa shape index (κ3) is 3.74. The van der Waals surface area contributed by atoms with Gasteiger partial charge in [0.15, 0.2) is 11.5 Å². The van der Waals surface area contributed by atoms with Crippen molar-refractivity contribution in [2.24, 2.45) is 0 Å². The minimum atomic E-state index is -0.420. The lowest BCUT2D eigenvalue weighted by Gasteiger charge is -2.13. The molecule has 7 nitrogen and oxygen atoms in total. The minimum absolute atomic E-state index is 0.320. The lowest BCUT2D eigenvalue weighted by atomic mass is 10.1. The number of carbonyl (C=O) groups excluding carboxylic acids is 1. The Morgan fingerprint density at radius 1 is 1.13 bits per heavy atom. The van der Waals surface area contributed by atoms with Gasteiger partial charge in [-0.05, 0) is 24.6 Å². The highest BCUT2D eigenvalue weighted by Crippen LogP contribution is 2.38. The van der Waals surface area contributed by atoms with Gasteiger partial charge in [-0.15, -0.1) is 0 Å². The zero-order chi connectivity index (χ0) is 16.8. The van der Waals surface area contributed by atoms with Crippen molar-refractivity contribution in [1.82, 2.24) is 9.97 Å². The number of benzene rings is 1. The molecule has 1 aromatic carbocycles. The molecule has 124 valence electrons. The fourth-order valence-electron chi connectivity index (χ4n) is 2.20. The van der Waals surface area contributed by atoms with Gasteiger partial charge in [0, 0.05) is 6.42 Å². The number of H-pyrrole nitrogens is 1. The van der Waals surface area contributed by atoms with Crippen LogP contribution in [-0.4, -0.2) is 43.9 Å². The van der Waals surface area contributed by atoms with Crippen molar-refractivity contribution >= 4 is 5.97 Å². The molecule has 1 N–H and O–H groups in total. The van der Waals surface area contributed by atoms with E-state index in [0.717, 1.165) is 5.56 Å². The average molecular weight is 320 g/mol. The van der Waals surface area contributed by atoms with Gasteiger partial charge >= 0.3 is 5.97 Å². The zero-order valence-electron chi connectivity index (χ0n) is 13.6. The molecule has 0 aliphatic rings. The lowest BCUT2D eigenvalue weighted by molar-refractivity contribution is 0.0520. The molecule has 7 heteroatoms. The topological polar surface area (TPSA) is 82.7 Å². The van der Waals surface area contributed by atoms with Gasteiger partial charge in [-0.25, -0.2) is 9.78 Å². The number of nitrogens with one attached hydrogen (secondary N) is 1. The van der Waals surface area contributed by atoms with Gasteiger partial charge in [0.25, 0.3) is 0 Å². The van der Waals surface area contributed by atoms with E-state index >= 15 is 0 Å². The first-order valence-electron chi connectivity index (χ1n) is 7.12. The van der Waals surface area contributed by atoms with Crippen LogP contribution in [-0.2, 0) is 11.2 Å². The summed E-state index contributed by atoms with van der Waals surface area (Å²) in [4.78, 5) is 18.8. The van der Waals surface area contributed by atoms with Crippen LogP contribution in [0.15, 0.2) is 18.3 Å². The second-order valence-electron chi connectivity index (χ2n) is 4.67. The highest BCUT2D eigenvalue weighted by molar-refractivity contribution is 5.86. The summed E-state index contributed by atoms with van der Waals surface area (Å²) in [7, 11) is 4.68. The van der Waals surface area contributed by atoms with Gasteiger partial charge in [0.2, 0.25) is 5.75 Å². The number of aromatic nitrogens is 2. The van der Waals surface area contributed by atoms with Crippen LogP contribution in [0.2, 0.25) is 0 Å². The predicted octanol–water partition coefficient (Wildman–Crippen LogP) is 2.20. The molecule has 0 amide bonds. The maximum atomic E-state index is 11.6. The van der Waals surface area contributed by atoms with Gasteiger partial charge in [-0.2, -0.15) is 0 Å². The smallest absolute Gasteiger partial charge is 0.356 e. The molecular weight excluding hydrogens is 300 g/mol. The van der Waals surface area contributed by atoms with Gasteiger partial charge in [0.1, 0.15) is 11.5 Å². The summed E-state index contributed by atoms with van der Waals surface area (Å²) in [6.45, 7) is 2.07. The first-order valence-corrected chi connectivity index (χ1v) is 7.12. The molecule has 0 spiro atoms. The Morgan fingerprint density at radius 3 is 2.30 bits per heavy atom. The van der Waals surface area contributed by atoms with Crippen LogP contribution in [0.4, 0.5) is 0 Å². The van der Waals surface area contributed by atoms with Crippen molar-refractivity contribution < 1.29 is 23.7 Å². The van der Waals surface area contributed by atoms with E-state index in [2.05, 4.69) is 9.97 Å². The van der Waals surface area contributed by atoms with Crippen LogP contribution >= 0.6 is 0 Å². The molecule has 0 saturated heterocycles. The van der Waals surface area contributed by atoms with Crippen molar-refractivity contribution in [3.63, 3.8) is 0 Å². The fourth-order valence-corrected chi connectivity index (χ4v) is 2.20. The van der Waals surface area contributed by atoms with E-state index in [1.807, 2.05) is 12.1 Å². The molecule has 2 rings (SSSR count). The normalized spacial score (nSPS) is 10.3. The van der Waals surface area contributed by atoms with E-state index in [4.69, 9.17) is 18.9 Å². The molecule has 0 aliphatic heterocycles. The average Bonchev–Trinajstić information content (AvgIpc) is 3.02. The summed E-state index contributed by atoms with van der Waals surface area (Å²) in [5, 5.41) is 0. The van der Waals surface area contributed by atoms with Crippen molar-refractivity contribution in [1.29, 1.82) is 0 Å². The maximum Gasteiger partial charge on any atom is 0.356 e. The Morgan fingerprint density at radius 2 is 1.78 bits per heavy atom. The van der Waals surface area contributed by atoms with E-state index in [-0.39, 0.29) is 0 Å². The summed E-state index contributed by atoms with van der Waals surface area (Å²) in [6.07, 6.45) is 1.95.